The molecule has 23 heavy (non-hydrogen) atoms. The molecule has 0 amide bonds. The first-order valence-corrected chi connectivity index (χ1v) is 8.42. The van der Waals surface area contributed by atoms with Gasteiger partial charge in [-0.3, -0.25) is 0 Å². The Kier molecular flexibility index (Phi) is 4.90. The van der Waals surface area contributed by atoms with Crippen molar-refractivity contribution in [3.05, 3.63) is 76.4 Å². The molecule has 0 nitrogen and oxygen atoms in total. The molecule has 0 unspecified atom stereocenters. The Hall–Kier alpha value is -1.96. The van der Waals surface area contributed by atoms with Crippen molar-refractivity contribution in [2.75, 3.05) is 0 Å². The standard InChI is InChI=1S/C21H22F2/c1-2-3-4-5-15-6-11-20(21(23)12-15)18-8-7-17-14-19(22)10-9-16(17)13-18/h6,8-12,14H,2-5,7,13H2,1H3. The summed E-state index contributed by atoms with van der Waals surface area (Å²) in [5.41, 5.74) is 4.85. The molecule has 0 aromatic heterocycles. The van der Waals surface area contributed by atoms with Crippen molar-refractivity contribution in [2.45, 2.75) is 45.4 Å². The van der Waals surface area contributed by atoms with Gasteiger partial charge in [0.15, 0.2) is 0 Å². The van der Waals surface area contributed by atoms with Gasteiger partial charge in [0.1, 0.15) is 11.6 Å². The van der Waals surface area contributed by atoms with E-state index in [0.717, 1.165) is 35.1 Å². The second-order valence-corrected chi connectivity index (χ2v) is 6.29. The molecule has 0 radical (unpaired) electrons. The molecule has 0 saturated carbocycles. The van der Waals surface area contributed by atoms with Gasteiger partial charge in [0, 0.05) is 5.56 Å². The highest BCUT2D eigenvalue weighted by molar-refractivity contribution is 5.71. The summed E-state index contributed by atoms with van der Waals surface area (Å²) in [5.74, 6) is -0.348. The first-order valence-electron chi connectivity index (χ1n) is 8.42. The number of allylic oxidation sites excluding steroid dienone is 2. The molecule has 0 heterocycles. The number of aryl methyl sites for hydroxylation is 1. The molecular formula is C21H22F2. The van der Waals surface area contributed by atoms with Crippen molar-refractivity contribution >= 4 is 5.57 Å². The summed E-state index contributed by atoms with van der Waals surface area (Å²) in [6.07, 6.45) is 7.76. The average molecular weight is 312 g/mol. The van der Waals surface area contributed by atoms with Crippen LogP contribution in [0.25, 0.3) is 5.57 Å². The minimum absolute atomic E-state index is 0.143. The number of unbranched alkanes of at least 4 members (excludes halogenated alkanes) is 2. The van der Waals surface area contributed by atoms with E-state index >= 15 is 0 Å². The van der Waals surface area contributed by atoms with Crippen LogP contribution < -0.4 is 0 Å². The largest absolute Gasteiger partial charge is 0.207 e. The van der Waals surface area contributed by atoms with Crippen LogP contribution in [0.2, 0.25) is 0 Å². The molecule has 0 N–H and O–H groups in total. The first kappa shape index (κ1) is 15.9. The van der Waals surface area contributed by atoms with E-state index in [2.05, 4.69) is 6.92 Å². The van der Waals surface area contributed by atoms with E-state index in [1.54, 1.807) is 12.1 Å². The smallest absolute Gasteiger partial charge is 0.130 e. The van der Waals surface area contributed by atoms with E-state index in [0.29, 0.717) is 18.4 Å². The van der Waals surface area contributed by atoms with Crippen LogP contribution in [0, 0.1) is 11.6 Å². The van der Waals surface area contributed by atoms with Crippen LogP contribution in [-0.2, 0) is 19.3 Å². The van der Waals surface area contributed by atoms with E-state index in [1.807, 2.05) is 24.3 Å². The van der Waals surface area contributed by atoms with E-state index in [9.17, 15) is 8.78 Å². The highest BCUT2D eigenvalue weighted by atomic mass is 19.1. The van der Waals surface area contributed by atoms with Crippen LogP contribution >= 0.6 is 0 Å². The third-order valence-corrected chi connectivity index (χ3v) is 4.57. The Morgan fingerprint density at radius 2 is 1.83 bits per heavy atom. The highest BCUT2D eigenvalue weighted by Crippen LogP contribution is 2.30. The Balaban J connectivity index is 1.77. The number of hydrogen-bond donors (Lipinski definition) is 0. The van der Waals surface area contributed by atoms with Gasteiger partial charge in [0.05, 0.1) is 0 Å². The van der Waals surface area contributed by atoms with Gasteiger partial charge < -0.3 is 0 Å². The third-order valence-electron chi connectivity index (χ3n) is 4.57. The van der Waals surface area contributed by atoms with Crippen LogP contribution in [0.15, 0.2) is 42.5 Å². The zero-order valence-electron chi connectivity index (χ0n) is 13.5. The maximum atomic E-state index is 14.5. The number of hydrogen-bond acceptors (Lipinski definition) is 0. The molecule has 0 aliphatic heterocycles. The SMILES string of the molecule is CCCCCc1ccc(C2=CCc3cc(F)ccc3C2)c(F)c1. The second-order valence-electron chi connectivity index (χ2n) is 6.29. The summed E-state index contributed by atoms with van der Waals surface area (Å²) in [6, 6.07) is 10.5. The fourth-order valence-electron chi connectivity index (χ4n) is 3.23. The van der Waals surface area contributed by atoms with Crippen LogP contribution in [0.3, 0.4) is 0 Å². The molecule has 120 valence electrons. The molecule has 2 heteroatoms. The molecule has 2 aromatic rings. The molecule has 0 atom stereocenters. The zero-order chi connectivity index (χ0) is 16.2. The molecule has 0 fully saturated rings. The van der Waals surface area contributed by atoms with Crippen molar-refractivity contribution in [3.63, 3.8) is 0 Å². The van der Waals surface area contributed by atoms with Crippen LogP contribution in [0.5, 0.6) is 0 Å². The predicted octanol–water partition coefficient (Wildman–Crippen LogP) is 5.88. The van der Waals surface area contributed by atoms with Crippen molar-refractivity contribution in [2.24, 2.45) is 0 Å². The second kappa shape index (κ2) is 7.08. The minimum atomic E-state index is -0.205. The topological polar surface area (TPSA) is 0 Å². The van der Waals surface area contributed by atoms with Gasteiger partial charge in [-0.15, -0.1) is 0 Å². The number of fused-ring (bicyclic) bond motifs is 1. The van der Waals surface area contributed by atoms with Crippen molar-refractivity contribution in [3.8, 4) is 0 Å². The van der Waals surface area contributed by atoms with Crippen LogP contribution in [0.1, 0.15) is 48.4 Å². The van der Waals surface area contributed by atoms with E-state index in [4.69, 9.17) is 0 Å². The van der Waals surface area contributed by atoms with E-state index in [1.165, 1.54) is 18.9 Å². The van der Waals surface area contributed by atoms with Crippen LogP contribution in [-0.4, -0.2) is 0 Å². The summed E-state index contributed by atoms with van der Waals surface area (Å²) >= 11 is 0. The summed E-state index contributed by atoms with van der Waals surface area (Å²) < 4.78 is 27.8. The lowest BCUT2D eigenvalue weighted by atomic mass is 9.87. The normalized spacial score (nSPS) is 13.6. The molecule has 1 aliphatic rings. The molecule has 0 spiro atoms. The number of halogens is 2. The summed E-state index contributed by atoms with van der Waals surface area (Å²) in [6.45, 7) is 2.17. The van der Waals surface area contributed by atoms with Gasteiger partial charge in [-0.25, -0.2) is 8.78 Å². The average Bonchev–Trinajstić information content (AvgIpc) is 2.55. The van der Waals surface area contributed by atoms with Gasteiger partial charge in [-0.2, -0.15) is 0 Å². The van der Waals surface area contributed by atoms with Gasteiger partial charge >= 0.3 is 0 Å². The van der Waals surface area contributed by atoms with Gasteiger partial charge in [-0.1, -0.05) is 44.0 Å². The van der Waals surface area contributed by atoms with Gasteiger partial charge in [-0.05, 0) is 66.1 Å². The maximum absolute atomic E-state index is 14.5. The Morgan fingerprint density at radius 1 is 0.957 bits per heavy atom. The Labute approximate surface area is 136 Å². The predicted molar refractivity (Wildman–Crippen MR) is 91.4 cm³/mol. The zero-order valence-corrected chi connectivity index (χ0v) is 13.5. The van der Waals surface area contributed by atoms with Crippen molar-refractivity contribution < 1.29 is 8.78 Å². The number of benzene rings is 2. The molecule has 0 saturated heterocycles. The van der Waals surface area contributed by atoms with Gasteiger partial charge in [0.2, 0.25) is 0 Å². The van der Waals surface area contributed by atoms with Crippen LogP contribution in [0.4, 0.5) is 8.78 Å². The first-order chi connectivity index (χ1) is 11.2. The molecule has 0 bridgehead atoms. The van der Waals surface area contributed by atoms with E-state index in [-0.39, 0.29) is 11.6 Å². The molecular weight excluding hydrogens is 290 g/mol. The quantitative estimate of drug-likeness (QED) is 0.605. The summed E-state index contributed by atoms with van der Waals surface area (Å²) in [5, 5.41) is 0. The van der Waals surface area contributed by atoms with E-state index < -0.39 is 0 Å². The fraction of sp³-hybridized carbons (Fsp3) is 0.333. The van der Waals surface area contributed by atoms with Crippen molar-refractivity contribution in [1.29, 1.82) is 0 Å². The van der Waals surface area contributed by atoms with Gasteiger partial charge in [0.25, 0.3) is 0 Å². The molecule has 2 aromatic carbocycles. The molecule has 1 aliphatic carbocycles. The number of rotatable bonds is 5. The third kappa shape index (κ3) is 3.69. The fourth-order valence-corrected chi connectivity index (χ4v) is 3.23. The minimum Gasteiger partial charge on any atom is -0.207 e. The monoisotopic (exact) mass is 312 g/mol. The lowest BCUT2D eigenvalue weighted by molar-refractivity contribution is 0.618. The molecule has 3 rings (SSSR count). The summed E-state index contributed by atoms with van der Waals surface area (Å²) in [4.78, 5) is 0. The Bertz CT molecular complexity index is 729. The Morgan fingerprint density at radius 3 is 2.61 bits per heavy atom. The lowest BCUT2D eigenvalue weighted by Crippen LogP contribution is -2.05. The maximum Gasteiger partial charge on any atom is 0.130 e. The lowest BCUT2D eigenvalue weighted by Gasteiger charge is -2.18. The highest BCUT2D eigenvalue weighted by Gasteiger charge is 2.16. The van der Waals surface area contributed by atoms with Crippen molar-refractivity contribution in [1.82, 2.24) is 0 Å². The summed E-state index contributed by atoms with van der Waals surface area (Å²) in [7, 11) is 0.